The summed E-state index contributed by atoms with van der Waals surface area (Å²) in [7, 11) is 1.17. The van der Waals surface area contributed by atoms with Crippen LogP contribution in [0.3, 0.4) is 0 Å². The molecule has 2 amide bonds. The summed E-state index contributed by atoms with van der Waals surface area (Å²) < 4.78 is 9.99. The lowest BCUT2D eigenvalue weighted by Gasteiger charge is -2.13. The number of esters is 1. The van der Waals surface area contributed by atoms with E-state index in [1.54, 1.807) is 48.5 Å². The van der Waals surface area contributed by atoms with Gasteiger partial charge in [-0.3, -0.25) is 19.3 Å². The van der Waals surface area contributed by atoms with Crippen molar-refractivity contribution in [3.05, 3.63) is 75.8 Å². The van der Waals surface area contributed by atoms with Crippen LogP contribution in [-0.4, -0.2) is 55.3 Å². The highest BCUT2D eigenvalue weighted by Gasteiger charge is 2.34. The van der Waals surface area contributed by atoms with E-state index >= 15 is 0 Å². The smallest absolute Gasteiger partial charge is 0.341 e. The highest BCUT2D eigenvalue weighted by Crippen LogP contribution is 2.22. The monoisotopic (exact) mass is 427 g/mol. The van der Waals surface area contributed by atoms with Crippen LogP contribution in [0.25, 0.3) is 6.08 Å². The Morgan fingerprint density at radius 3 is 2.20 bits per heavy atom. The number of ether oxygens (including phenoxy) is 2. The number of fused-ring (bicyclic) bond motifs is 1. The molecule has 0 unspecified atom stereocenters. The van der Waals surface area contributed by atoms with E-state index in [4.69, 9.17) is 16.3 Å². The molecule has 2 aromatic carbocycles. The third-order valence-corrected chi connectivity index (χ3v) is 4.83. The van der Waals surface area contributed by atoms with E-state index in [1.807, 2.05) is 0 Å². The second-order valence-electron chi connectivity index (χ2n) is 6.35. The molecule has 1 aliphatic rings. The van der Waals surface area contributed by atoms with Crippen LogP contribution in [0.5, 0.6) is 0 Å². The lowest BCUT2D eigenvalue weighted by molar-refractivity contribution is -0.138. The summed E-state index contributed by atoms with van der Waals surface area (Å²) in [5.41, 5.74) is 0.953. The molecule has 0 spiro atoms. The maximum Gasteiger partial charge on any atom is 0.341 e. The summed E-state index contributed by atoms with van der Waals surface area (Å²) in [6, 6.07) is 13.3. The third-order valence-electron chi connectivity index (χ3n) is 4.48. The Labute approximate surface area is 177 Å². The zero-order chi connectivity index (χ0) is 21.7. The molecule has 0 radical (unpaired) electrons. The Morgan fingerprint density at radius 1 is 1.00 bits per heavy atom. The Kier molecular flexibility index (Phi) is 6.76. The normalized spacial score (nSPS) is 13.4. The molecule has 0 N–H and O–H groups in total. The number of ketones is 1. The van der Waals surface area contributed by atoms with Crippen LogP contribution in [0.4, 0.5) is 0 Å². The number of hydrogen-bond acceptors (Lipinski definition) is 6. The molecule has 1 heterocycles. The van der Waals surface area contributed by atoms with Crippen LogP contribution in [0.2, 0.25) is 5.02 Å². The summed E-state index contributed by atoms with van der Waals surface area (Å²) in [6.07, 6.45) is 1.34. The van der Waals surface area contributed by atoms with Crippen molar-refractivity contribution in [2.24, 2.45) is 0 Å². The number of Topliss-reactive ketones (excluding diaryl/α,β-unsaturated/α-hetero) is 1. The van der Waals surface area contributed by atoms with Gasteiger partial charge in [-0.05, 0) is 29.8 Å². The maximum atomic E-state index is 12.5. The minimum Gasteiger partial charge on any atom is -0.465 e. The predicted molar refractivity (Wildman–Crippen MR) is 109 cm³/mol. The highest BCUT2D eigenvalue weighted by molar-refractivity contribution is 6.32. The first-order valence-corrected chi connectivity index (χ1v) is 9.42. The molecule has 8 heteroatoms. The molecular weight excluding hydrogens is 410 g/mol. The lowest BCUT2D eigenvalue weighted by Crippen LogP contribution is -2.33. The van der Waals surface area contributed by atoms with Crippen LogP contribution in [0.15, 0.2) is 54.1 Å². The van der Waals surface area contributed by atoms with Crippen molar-refractivity contribution in [1.29, 1.82) is 0 Å². The standard InChI is InChI=1S/C22H18ClNO6/c1-29-22(28)17(12-14-6-2-5-9-18(14)23)19(25)13-30-11-10-24-20(26)15-7-3-4-8-16(15)21(24)27/h2-9,12H,10-11,13H2,1H3/b17-12-. The molecule has 0 aromatic heterocycles. The quantitative estimate of drug-likeness (QED) is 0.161. The minimum atomic E-state index is -0.816. The number of hydrogen-bond donors (Lipinski definition) is 0. The molecule has 3 rings (SSSR count). The van der Waals surface area contributed by atoms with E-state index in [0.717, 1.165) is 4.90 Å². The molecule has 0 fully saturated rings. The van der Waals surface area contributed by atoms with E-state index < -0.39 is 30.2 Å². The topological polar surface area (TPSA) is 90.0 Å². The Bertz CT molecular complexity index is 1010. The van der Waals surface area contributed by atoms with Gasteiger partial charge in [-0.25, -0.2) is 4.79 Å². The molecule has 2 aromatic rings. The summed E-state index contributed by atoms with van der Waals surface area (Å²) in [4.78, 5) is 50.2. The Balaban J connectivity index is 1.60. The van der Waals surface area contributed by atoms with E-state index in [9.17, 15) is 19.2 Å². The van der Waals surface area contributed by atoms with Gasteiger partial charge in [0.05, 0.1) is 31.4 Å². The maximum absolute atomic E-state index is 12.5. The largest absolute Gasteiger partial charge is 0.465 e. The molecule has 0 saturated heterocycles. The zero-order valence-corrected chi connectivity index (χ0v) is 16.8. The number of imide groups is 1. The first-order valence-electron chi connectivity index (χ1n) is 9.04. The van der Waals surface area contributed by atoms with Crippen LogP contribution in [0, 0.1) is 0 Å². The molecule has 7 nitrogen and oxygen atoms in total. The van der Waals surface area contributed by atoms with E-state index in [2.05, 4.69) is 4.74 Å². The Morgan fingerprint density at radius 2 is 1.60 bits per heavy atom. The number of benzene rings is 2. The zero-order valence-electron chi connectivity index (χ0n) is 16.1. The van der Waals surface area contributed by atoms with Gasteiger partial charge in [0.2, 0.25) is 0 Å². The minimum absolute atomic E-state index is 0.0125. The van der Waals surface area contributed by atoms with Crippen molar-refractivity contribution < 1.29 is 28.7 Å². The Hall–Kier alpha value is -3.29. The number of carbonyl (C=O) groups excluding carboxylic acids is 4. The predicted octanol–water partition coefficient (Wildman–Crippen LogP) is 2.78. The van der Waals surface area contributed by atoms with Gasteiger partial charge < -0.3 is 9.47 Å². The number of rotatable bonds is 8. The first-order chi connectivity index (χ1) is 14.4. The molecule has 154 valence electrons. The van der Waals surface area contributed by atoms with E-state index in [0.29, 0.717) is 21.7 Å². The van der Waals surface area contributed by atoms with Gasteiger partial charge in [-0.2, -0.15) is 0 Å². The summed E-state index contributed by atoms with van der Waals surface area (Å²) in [5, 5.41) is 0.373. The van der Waals surface area contributed by atoms with Gasteiger partial charge >= 0.3 is 5.97 Å². The van der Waals surface area contributed by atoms with Gasteiger partial charge in [0, 0.05) is 5.02 Å². The average Bonchev–Trinajstić information content (AvgIpc) is 3.00. The van der Waals surface area contributed by atoms with Crippen molar-refractivity contribution in [1.82, 2.24) is 4.90 Å². The van der Waals surface area contributed by atoms with Crippen LogP contribution in [-0.2, 0) is 19.1 Å². The second-order valence-corrected chi connectivity index (χ2v) is 6.76. The summed E-state index contributed by atoms with van der Waals surface area (Å²) in [5.74, 6) is -2.23. The van der Waals surface area contributed by atoms with Gasteiger partial charge in [-0.1, -0.05) is 41.9 Å². The number of methoxy groups -OCH3 is 1. The molecule has 0 aliphatic carbocycles. The van der Waals surface area contributed by atoms with E-state index in [1.165, 1.54) is 13.2 Å². The molecule has 1 aliphatic heterocycles. The molecule has 0 atom stereocenters. The number of carbonyl (C=O) groups is 4. The SMILES string of the molecule is COC(=O)/C(=C\c1ccccc1Cl)C(=O)COCCN1C(=O)c2ccccc2C1=O. The average molecular weight is 428 g/mol. The fourth-order valence-electron chi connectivity index (χ4n) is 2.95. The number of amides is 2. The second kappa shape index (κ2) is 9.47. The van der Waals surface area contributed by atoms with Crippen molar-refractivity contribution in [2.45, 2.75) is 0 Å². The molecular formula is C22H18ClNO6. The number of nitrogens with zero attached hydrogens (tertiary/aromatic N) is 1. The molecule has 30 heavy (non-hydrogen) atoms. The summed E-state index contributed by atoms with van der Waals surface area (Å²) >= 11 is 6.08. The molecule has 0 bridgehead atoms. The van der Waals surface area contributed by atoms with Gasteiger partial charge in [0.25, 0.3) is 11.8 Å². The highest BCUT2D eigenvalue weighted by atomic mass is 35.5. The van der Waals surface area contributed by atoms with Crippen LogP contribution < -0.4 is 0 Å². The van der Waals surface area contributed by atoms with Crippen LogP contribution >= 0.6 is 11.6 Å². The number of halogens is 1. The van der Waals surface area contributed by atoms with E-state index in [-0.39, 0.29) is 18.7 Å². The van der Waals surface area contributed by atoms with Crippen LogP contribution in [0.1, 0.15) is 26.3 Å². The van der Waals surface area contributed by atoms with Crippen molar-refractivity contribution in [2.75, 3.05) is 26.9 Å². The lowest BCUT2D eigenvalue weighted by atomic mass is 10.1. The third kappa shape index (κ3) is 4.48. The van der Waals surface area contributed by atoms with Gasteiger partial charge in [-0.15, -0.1) is 0 Å². The van der Waals surface area contributed by atoms with Crippen molar-refractivity contribution >= 4 is 41.2 Å². The molecule has 0 saturated carbocycles. The first kappa shape index (κ1) is 21.4. The van der Waals surface area contributed by atoms with Gasteiger partial charge in [0.15, 0.2) is 5.78 Å². The van der Waals surface area contributed by atoms with Gasteiger partial charge in [0.1, 0.15) is 12.2 Å². The fourth-order valence-corrected chi connectivity index (χ4v) is 3.14. The fraction of sp³-hybridized carbons (Fsp3) is 0.182. The van der Waals surface area contributed by atoms with Crippen molar-refractivity contribution in [3.8, 4) is 0 Å². The van der Waals surface area contributed by atoms with Crippen molar-refractivity contribution in [3.63, 3.8) is 0 Å². The summed E-state index contributed by atoms with van der Waals surface area (Å²) in [6.45, 7) is -0.492.